The monoisotopic (exact) mass is 425 g/mol. The van der Waals surface area contributed by atoms with Gasteiger partial charge in [0.15, 0.2) is 28.8 Å². The van der Waals surface area contributed by atoms with Crippen LogP contribution in [0.5, 0.6) is 23.0 Å². The standard InChI is InChI=1S/C22H27N5O4/c1-28-17-9-7-15(13-19(17)30-3)23-22(11-5-6-12-22)21-24-25-26-27(21)16-8-10-18(29-2)20(14-16)31-4/h7-10,13-14,23H,5-6,11-12H2,1-4H3. The van der Waals surface area contributed by atoms with E-state index in [-0.39, 0.29) is 0 Å². The van der Waals surface area contributed by atoms with Gasteiger partial charge in [0.05, 0.1) is 39.7 Å². The van der Waals surface area contributed by atoms with Crippen molar-refractivity contribution in [3.63, 3.8) is 0 Å². The van der Waals surface area contributed by atoms with Crippen LogP contribution in [0.2, 0.25) is 0 Å². The summed E-state index contributed by atoms with van der Waals surface area (Å²) in [6.45, 7) is 0. The van der Waals surface area contributed by atoms with E-state index in [4.69, 9.17) is 18.9 Å². The summed E-state index contributed by atoms with van der Waals surface area (Å²) in [6.07, 6.45) is 3.99. The van der Waals surface area contributed by atoms with Crippen LogP contribution in [0.4, 0.5) is 5.69 Å². The molecule has 1 saturated carbocycles. The lowest BCUT2D eigenvalue weighted by Gasteiger charge is -2.30. The molecular formula is C22H27N5O4. The van der Waals surface area contributed by atoms with Crippen LogP contribution in [0.3, 0.4) is 0 Å². The highest BCUT2D eigenvalue weighted by Gasteiger charge is 2.41. The minimum Gasteiger partial charge on any atom is -0.493 e. The predicted octanol–water partition coefficient (Wildman–Crippen LogP) is 3.58. The number of nitrogens with one attached hydrogen (secondary N) is 1. The minimum atomic E-state index is -0.406. The Balaban J connectivity index is 1.73. The number of aromatic nitrogens is 4. The Morgan fingerprint density at radius 2 is 1.42 bits per heavy atom. The molecule has 1 fully saturated rings. The SMILES string of the molecule is COc1ccc(NC2(c3nnnn3-c3ccc(OC)c(OC)c3)CCCC2)cc1OC. The highest BCUT2D eigenvalue weighted by molar-refractivity contribution is 5.57. The van der Waals surface area contributed by atoms with Gasteiger partial charge in [0.1, 0.15) is 0 Å². The van der Waals surface area contributed by atoms with E-state index in [2.05, 4.69) is 20.8 Å². The molecule has 164 valence electrons. The Hall–Kier alpha value is -3.49. The summed E-state index contributed by atoms with van der Waals surface area (Å²) in [7, 11) is 6.48. The molecule has 0 spiro atoms. The first-order chi connectivity index (χ1) is 15.1. The molecule has 1 aromatic heterocycles. The summed E-state index contributed by atoms with van der Waals surface area (Å²) in [6, 6.07) is 11.4. The normalized spacial score (nSPS) is 14.8. The quantitative estimate of drug-likeness (QED) is 0.585. The van der Waals surface area contributed by atoms with Crippen LogP contribution >= 0.6 is 0 Å². The summed E-state index contributed by atoms with van der Waals surface area (Å²) in [5, 5.41) is 16.4. The number of ether oxygens (including phenoxy) is 4. The molecular weight excluding hydrogens is 398 g/mol. The molecule has 9 heteroatoms. The summed E-state index contributed by atoms with van der Waals surface area (Å²) >= 11 is 0. The smallest absolute Gasteiger partial charge is 0.181 e. The molecule has 0 unspecified atom stereocenters. The molecule has 1 aliphatic carbocycles. The number of rotatable bonds is 8. The van der Waals surface area contributed by atoms with E-state index < -0.39 is 5.54 Å². The first-order valence-corrected chi connectivity index (χ1v) is 10.2. The molecule has 0 amide bonds. The molecule has 31 heavy (non-hydrogen) atoms. The van der Waals surface area contributed by atoms with E-state index in [1.54, 1.807) is 33.1 Å². The Labute approximate surface area is 181 Å². The lowest BCUT2D eigenvalue weighted by Crippen LogP contribution is -2.35. The van der Waals surface area contributed by atoms with Gasteiger partial charge in [-0.1, -0.05) is 12.8 Å². The number of anilines is 1. The lowest BCUT2D eigenvalue weighted by molar-refractivity contribution is 0.354. The van der Waals surface area contributed by atoms with E-state index in [0.29, 0.717) is 23.0 Å². The Morgan fingerprint density at radius 1 is 0.806 bits per heavy atom. The second kappa shape index (κ2) is 8.71. The molecule has 0 atom stereocenters. The number of methoxy groups -OCH3 is 4. The average molecular weight is 425 g/mol. The van der Waals surface area contributed by atoms with Gasteiger partial charge in [0.2, 0.25) is 0 Å². The third-order valence-electron chi connectivity index (χ3n) is 5.73. The molecule has 1 heterocycles. The van der Waals surface area contributed by atoms with Crippen molar-refractivity contribution in [1.29, 1.82) is 0 Å². The van der Waals surface area contributed by atoms with Crippen LogP contribution in [-0.2, 0) is 5.54 Å². The third kappa shape index (κ3) is 3.83. The fourth-order valence-electron chi connectivity index (χ4n) is 4.19. The van der Waals surface area contributed by atoms with Crippen molar-refractivity contribution < 1.29 is 18.9 Å². The van der Waals surface area contributed by atoms with Crippen LogP contribution in [-0.4, -0.2) is 48.6 Å². The molecule has 2 aromatic carbocycles. The van der Waals surface area contributed by atoms with Crippen molar-refractivity contribution in [3.05, 3.63) is 42.2 Å². The average Bonchev–Trinajstić information content (AvgIpc) is 3.49. The molecule has 0 aliphatic heterocycles. The van der Waals surface area contributed by atoms with E-state index >= 15 is 0 Å². The summed E-state index contributed by atoms with van der Waals surface area (Å²) in [5.74, 6) is 3.38. The van der Waals surface area contributed by atoms with Gasteiger partial charge in [-0.3, -0.25) is 0 Å². The number of hydrogen-bond donors (Lipinski definition) is 1. The van der Waals surface area contributed by atoms with Gasteiger partial charge in [-0.25, -0.2) is 0 Å². The fourth-order valence-corrected chi connectivity index (χ4v) is 4.19. The number of tetrazole rings is 1. The van der Waals surface area contributed by atoms with Crippen LogP contribution in [0.25, 0.3) is 5.69 Å². The number of hydrogen-bond acceptors (Lipinski definition) is 8. The van der Waals surface area contributed by atoms with Crippen molar-refractivity contribution >= 4 is 5.69 Å². The van der Waals surface area contributed by atoms with Crippen LogP contribution < -0.4 is 24.3 Å². The third-order valence-corrected chi connectivity index (χ3v) is 5.73. The van der Waals surface area contributed by atoms with Crippen LogP contribution in [0, 0.1) is 0 Å². The van der Waals surface area contributed by atoms with E-state index in [1.165, 1.54) is 0 Å². The number of benzene rings is 2. The van der Waals surface area contributed by atoms with Crippen molar-refractivity contribution in [2.24, 2.45) is 0 Å². The zero-order chi connectivity index (χ0) is 21.8. The first kappa shape index (κ1) is 20.8. The largest absolute Gasteiger partial charge is 0.493 e. The van der Waals surface area contributed by atoms with E-state index in [9.17, 15) is 0 Å². The second-order valence-electron chi connectivity index (χ2n) is 7.44. The van der Waals surface area contributed by atoms with Crippen LogP contribution in [0.15, 0.2) is 36.4 Å². The van der Waals surface area contributed by atoms with Gasteiger partial charge >= 0.3 is 0 Å². The molecule has 3 aromatic rings. The highest BCUT2D eigenvalue weighted by atomic mass is 16.5. The lowest BCUT2D eigenvalue weighted by atomic mass is 9.95. The summed E-state index contributed by atoms with van der Waals surface area (Å²) < 4.78 is 23.4. The minimum absolute atomic E-state index is 0.406. The van der Waals surface area contributed by atoms with Gasteiger partial charge in [0.25, 0.3) is 0 Å². The molecule has 1 N–H and O–H groups in total. The maximum atomic E-state index is 5.47. The Kier molecular flexibility index (Phi) is 5.83. The zero-order valence-electron chi connectivity index (χ0n) is 18.2. The van der Waals surface area contributed by atoms with E-state index in [1.807, 2.05) is 36.4 Å². The van der Waals surface area contributed by atoms with Gasteiger partial charge < -0.3 is 24.3 Å². The van der Waals surface area contributed by atoms with Gasteiger partial charge in [0, 0.05) is 17.8 Å². The Morgan fingerprint density at radius 3 is 2.06 bits per heavy atom. The molecule has 9 nitrogen and oxygen atoms in total. The van der Waals surface area contributed by atoms with Gasteiger partial charge in [-0.05, 0) is 47.5 Å². The molecule has 4 rings (SSSR count). The van der Waals surface area contributed by atoms with Gasteiger partial charge in [-0.15, -0.1) is 5.10 Å². The molecule has 0 radical (unpaired) electrons. The topological polar surface area (TPSA) is 92.6 Å². The maximum Gasteiger partial charge on any atom is 0.181 e. The van der Waals surface area contributed by atoms with Gasteiger partial charge in [-0.2, -0.15) is 4.68 Å². The molecule has 1 aliphatic rings. The van der Waals surface area contributed by atoms with E-state index in [0.717, 1.165) is 42.9 Å². The predicted molar refractivity (Wildman–Crippen MR) is 116 cm³/mol. The second-order valence-corrected chi connectivity index (χ2v) is 7.44. The molecule has 0 saturated heterocycles. The number of nitrogens with zero attached hydrogens (tertiary/aromatic N) is 4. The maximum absolute atomic E-state index is 5.47. The Bertz CT molecular complexity index is 1050. The highest BCUT2D eigenvalue weighted by Crippen LogP contribution is 2.42. The summed E-state index contributed by atoms with van der Waals surface area (Å²) in [4.78, 5) is 0. The van der Waals surface area contributed by atoms with Crippen LogP contribution in [0.1, 0.15) is 31.5 Å². The van der Waals surface area contributed by atoms with Crippen molar-refractivity contribution in [1.82, 2.24) is 20.2 Å². The summed E-state index contributed by atoms with van der Waals surface area (Å²) in [5.41, 5.74) is 1.32. The zero-order valence-corrected chi connectivity index (χ0v) is 18.2. The first-order valence-electron chi connectivity index (χ1n) is 10.2. The fraction of sp³-hybridized carbons (Fsp3) is 0.409. The van der Waals surface area contributed by atoms with Crippen molar-refractivity contribution in [2.45, 2.75) is 31.2 Å². The van der Waals surface area contributed by atoms with Crippen molar-refractivity contribution in [2.75, 3.05) is 33.8 Å². The molecule has 0 bridgehead atoms. The van der Waals surface area contributed by atoms with Crippen molar-refractivity contribution in [3.8, 4) is 28.7 Å².